The van der Waals surface area contributed by atoms with Crippen molar-refractivity contribution in [2.45, 2.75) is 241 Å². The first-order valence-electron chi connectivity index (χ1n) is 31.3. The molecule has 492 valence electrons. The molecule has 0 aromatic carbocycles. The molecule has 18 unspecified atom stereocenters. The van der Waals surface area contributed by atoms with Crippen molar-refractivity contribution in [1.82, 2.24) is 5.32 Å². The maximum atomic E-state index is 11.2. The standard InChI is InChI=1S/C68H110N4O15/c1-47(28-19-15-11-10-12-16-20-29-48(2)67(85)86)65(84)50(4)62(82)38-22-18-14-9-7-5-6-8-13-17-21-37-61(81)49(3)60(72-51-30-23-24-31-51)44-57(78)41-53(74)33-26-34-54(75)42-58(79)45-63(83)66-64(87-66)46-59(80)43-55(76)35-25-32-52(73)40-56(77)36-27-39-71-68(69)70/h5-10,12-14,16-22,25-26,28-29,33,35,38,47,49-66,72-84H,11,15,23-24,27,30-32,34,36-37,39-46H2,1-4H3,(H,85,86)(H4,69,70,71)/b6-5+,9-7+,12-10+,13-8+,18-14+,20-16+,21-17+,28-19+,33-26+,35-25+,38-22+,48-29+. The molecule has 19 nitrogen and oxygen atoms in total. The molecular weight excluding hydrogens is 1110 g/mol. The van der Waals surface area contributed by atoms with Crippen molar-refractivity contribution in [2.75, 3.05) is 6.54 Å². The smallest absolute Gasteiger partial charge is 0.331 e. The Bertz CT molecular complexity index is 2270. The molecule has 1 aliphatic heterocycles. The molecule has 2 aliphatic rings. The van der Waals surface area contributed by atoms with Crippen molar-refractivity contribution in [3.8, 4) is 0 Å². The first-order chi connectivity index (χ1) is 41.5. The van der Waals surface area contributed by atoms with Gasteiger partial charge in [-0.25, -0.2) is 4.79 Å². The molecule has 1 aliphatic carbocycles. The highest BCUT2D eigenvalue weighted by atomic mass is 16.6. The van der Waals surface area contributed by atoms with Gasteiger partial charge in [0.25, 0.3) is 0 Å². The number of nitrogens with one attached hydrogen (secondary N) is 1. The molecule has 2 fully saturated rings. The van der Waals surface area contributed by atoms with E-state index in [-0.39, 0.29) is 92.7 Å². The molecule has 19 heteroatoms. The Morgan fingerprint density at radius 1 is 0.575 bits per heavy atom. The van der Waals surface area contributed by atoms with Crippen molar-refractivity contribution < 1.29 is 75.9 Å². The average Bonchev–Trinajstić information content (AvgIpc) is 2.98. The van der Waals surface area contributed by atoms with Gasteiger partial charge in [-0.3, -0.25) is 4.99 Å². The lowest BCUT2D eigenvalue weighted by molar-refractivity contribution is -0.132. The summed E-state index contributed by atoms with van der Waals surface area (Å²) in [5, 5.41) is 140. The normalized spacial score (nSPS) is 22.4. The van der Waals surface area contributed by atoms with Crippen LogP contribution in [0.5, 0.6) is 0 Å². The van der Waals surface area contributed by atoms with E-state index in [2.05, 4.69) is 10.3 Å². The third kappa shape index (κ3) is 38.3. The van der Waals surface area contributed by atoms with Crippen LogP contribution < -0.4 is 16.8 Å². The molecular formula is C68H110N4O15. The number of aliphatic carboxylic acids is 1. The fourth-order valence-electron chi connectivity index (χ4n) is 10.2. The van der Waals surface area contributed by atoms with Gasteiger partial charge in [0.05, 0.1) is 79.4 Å². The Morgan fingerprint density at radius 3 is 1.72 bits per heavy atom. The Kier molecular flexibility index (Phi) is 41.5. The van der Waals surface area contributed by atoms with Gasteiger partial charge in [0.2, 0.25) is 0 Å². The predicted molar refractivity (Wildman–Crippen MR) is 345 cm³/mol. The number of epoxide rings is 1. The molecule has 0 spiro atoms. The van der Waals surface area contributed by atoms with Crippen LogP contribution in [-0.2, 0) is 9.53 Å². The zero-order valence-corrected chi connectivity index (χ0v) is 51.9. The molecule has 0 bridgehead atoms. The van der Waals surface area contributed by atoms with E-state index in [0.29, 0.717) is 32.2 Å². The summed E-state index contributed by atoms with van der Waals surface area (Å²) >= 11 is 0. The number of rotatable bonds is 47. The van der Waals surface area contributed by atoms with Crippen LogP contribution in [0.1, 0.15) is 143 Å². The second-order valence-electron chi connectivity index (χ2n) is 23.6. The molecule has 18 N–H and O–H groups in total. The number of ether oxygens (including phenoxy) is 1. The van der Waals surface area contributed by atoms with Crippen LogP contribution in [0.25, 0.3) is 0 Å². The first-order valence-corrected chi connectivity index (χ1v) is 31.3. The number of nitrogens with two attached hydrogens (primary N) is 2. The molecule has 18 atom stereocenters. The van der Waals surface area contributed by atoms with Crippen molar-refractivity contribution >= 4 is 11.9 Å². The monoisotopic (exact) mass is 1220 g/mol. The number of allylic oxidation sites excluding steroid dienone is 16. The average molecular weight is 1220 g/mol. The number of guanidine groups is 1. The molecule has 0 radical (unpaired) electrons. The van der Waals surface area contributed by atoms with Crippen molar-refractivity contribution in [3.63, 3.8) is 0 Å². The Balaban J connectivity index is 1.70. The minimum Gasteiger partial charge on any atom is -0.478 e. The van der Waals surface area contributed by atoms with E-state index >= 15 is 0 Å². The van der Waals surface area contributed by atoms with E-state index in [1.807, 2.05) is 99.8 Å². The molecule has 0 amide bonds. The lowest BCUT2D eigenvalue weighted by Gasteiger charge is -2.33. The molecule has 1 saturated carbocycles. The predicted octanol–water partition coefficient (Wildman–Crippen LogP) is 5.78. The quantitative estimate of drug-likeness (QED) is 0.00653. The van der Waals surface area contributed by atoms with Crippen LogP contribution in [0, 0.1) is 17.8 Å². The minimum atomic E-state index is -1.05. The summed E-state index contributed by atoms with van der Waals surface area (Å²) in [7, 11) is 0. The number of aliphatic hydroxyl groups is 12. The maximum absolute atomic E-state index is 11.2. The summed E-state index contributed by atoms with van der Waals surface area (Å²) in [4.78, 5) is 14.7. The van der Waals surface area contributed by atoms with Gasteiger partial charge in [0.1, 0.15) is 6.10 Å². The molecule has 0 aromatic rings. The van der Waals surface area contributed by atoms with Crippen LogP contribution in [0.15, 0.2) is 150 Å². The lowest BCUT2D eigenvalue weighted by Crippen LogP contribution is -2.46. The van der Waals surface area contributed by atoms with E-state index in [9.17, 15) is 66.1 Å². The zero-order chi connectivity index (χ0) is 64.5. The van der Waals surface area contributed by atoms with Crippen LogP contribution in [-0.4, -0.2) is 182 Å². The highest BCUT2D eigenvalue weighted by Crippen LogP contribution is 2.33. The van der Waals surface area contributed by atoms with Crippen molar-refractivity contribution in [3.05, 3.63) is 145 Å². The number of aliphatic imine (C=N–C) groups is 1. The molecule has 2 rings (SSSR count). The van der Waals surface area contributed by atoms with E-state index in [1.54, 1.807) is 42.5 Å². The van der Waals surface area contributed by atoms with Gasteiger partial charge < -0.3 is 87.9 Å². The second-order valence-corrected chi connectivity index (χ2v) is 23.6. The fourth-order valence-corrected chi connectivity index (χ4v) is 10.2. The van der Waals surface area contributed by atoms with Gasteiger partial charge in [-0.2, -0.15) is 0 Å². The number of nitrogens with zero attached hydrogens (tertiary/aromatic N) is 1. The first kappa shape index (κ1) is 78.2. The fraction of sp³-hybridized carbons (Fsp3) is 0.618. The highest BCUT2D eigenvalue weighted by Gasteiger charge is 2.45. The van der Waals surface area contributed by atoms with Crippen LogP contribution in [0.4, 0.5) is 0 Å². The number of carbonyl (C=O) groups is 1. The maximum Gasteiger partial charge on any atom is 0.331 e. The molecule has 1 heterocycles. The molecule has 0 aromatic heterocycles. The summed E-state index contributed by atoms with van der Waals surface area (Å²) in [5.74, 6) is -1.69. The van der Waals surface area contributed by atoms with Crippen molar-refractivity contribution in [2.24, 2.45) is 34.2 Å². The number of hydrogen-bond donors (Lipinski definition) is 16. The van der Waals surface area contributed by atoms with Crippen molar-refractivity contribution in [1.29, 1.82) is 0 Å². The number of carboxylic acid groups (broad SMARTS) is 1. The second kappa shape index (κ2) is 46.2. The summed E-state index contributed by atoms with van der Waals surface area (Å²) in [6.07, 6.45) is 37.5. The van der Waals surface area contributed by atoms with Gasteiger partial charge in [-0.1, -0.05) is 173 Å². The summed E-state index contributed by atoms with van der Waals surface area (Å²) < 4.78 is 5.55. The molecule has 87 heavy (non-hydrogen) atoms. The SMILES string of the molecule is C\C(=C/C=C/C=C/CC/C=C/C(C)C(O)C(C)C(O)/C=C/C=C/C=C/C=C/C=C/C=C/CC(O)C(C)C(CC(O)CC(O)/C=C/CC(O)CC(O)CC(O)C1OC1CC(O)CC(O)/C=C/CC(O)CC(O)CCCN=C(N)N)NC1CCCC1)C(=O)O. The van der Waals surface area contributed by atoms with E-state index < -0.39 is 91.4 Å². The number of hydrogen-bond acceptors (Lipinski definition) is 16. The highest BCUT2D eigenvalue weighted by molar-refractivity contribution is 5.86. The van der Waals surface area contributed by atoms with Crippen LogP contribution >= 0.6 is 0 Å². The Labute approximate surface area is 518 Å². The third-order valence-corrected chi connectivity index (χ3v) is 15.6. The van der Waals surface area contributed by atoms with Gasteiger partial charge in [-0.05, 0) is 89.9 Å². The van der Waals surface area contributed by atoms with Gasteiger partial charge >= 0.3 is 5.97 Å². The minimum absolute atomic E-state index is 0.00595. The summed E-state index contributed by atoms with van der Waals surface area (Å²) in [6.45, 7) is 7.62. The van der Waals surface area contributed by atoms with E-state index in [0.717, 1.165) is 38.5 Å². The van der Waals surface area contributed by atoms with Gasteiger partial charge in [0, 0.05) is 61.7 Å². The van der Waals surface area contributed by atoms with Gasteiger partial charge in [-0.15, -0.1) is 0 Å². The lowest BCUT2D eigenvalue weighted by atomic mass is 9.88. The topological polar surface area (TPSA) is 369 Å². The Hall–Kier alpha value is -4.94. The molecule has 1 saturated heterocycles. The van der Waals surface area contributed by atoms with Crippen LogP contribution in [0.2, 0.25) is 0 Å². The van der Waals surface area contributed by atoms with E-state index in [4.69, 9.17) is 21.3 Å². The number of unbranched alkanes of at least 4 members (excludes halogenated alkanes) is 1. The van der Waals surface area contributed by atoms with Crippen LogP contribution in [0.3, 0.4) is 0 Å². The van der Waals surface area contributed by atoms with E-state index in [1.165, 1.54) is 25.2 Å². The summed E-state index contributed by atoms with van der Waals surface area (Å²) in [5.41, 5.74) is 10.8. The van der Waals surface area contributed by atoms with Gasteiger partial charge in [0.15, 0.2) is 5.96 Å². The Morgan fingerprint density at radius 2 is 1.11 bits per heavy atom. The third-order valence-electron chi connectivity index (χ3n) is 15.6. The zero-order valence-electron chi connectivity index (χ0n) is 51.9. The largest absolute Gasteiger partial charge is 0.478 e. The number of aliphatic hydroxyl groups excluding tert-OH is 12. The summed E-state index contributed by atoms with van der Waals surface area (Å²) in [6, 6.07) is 0.0822. The number of carboxylic acids is 1.